The maximum Gasteiger partial charge on any atom is 0.222 e. The number of piperidine rings is 1. The molecule has 0 bridgehead atoms. The molecule has 0 unspecified atom stereocenters. The molecular formula is C30H49NO3. The van der Waals surface area contributed by atoms with Crippen molar-refractivity contribution in [1.29, 1.82) is 0 Å². The second-order valence-electron chi connectivity index (χ2n) is 13.2. The van der Waals surface area contributed by atoms with E-state index in [0.29, 0.717) is 29.1 Å². The first-order chi connectivity index (χ1) is 16.3. The van der Waals surface area contributed by atoms with Crippen molar-refractivity contribution in [1.82, 2.24) is 4.90 Å². The van der Waals surface area contributed by atoms with Crippen molar-refractivity contribution in [3.63, 3.8) is 0 Å². The average molecular weight is 472 g/mol. The quantitative estimate of drug-likeness (QED) is 0.502. The van der Waals surface area contributed by atoms with E-state index < -0.39 is 0 Å². The second-order valence-corrected chi connectivity index (χ2v) is 13.2. The van der Waals surface area contributed by atoms with Crippen LogP contribution in [0.25, 0.3) is 0 Å². The molecule has 4 fully saturated rings. The van der Waals surface area contributed by atoms with Gasteiger partial charge >= 0.3 is 0 Å². The third-order valence-corrected chi connectivity index (χ3v) is 11.7. The summed E-state index contributed by atoms with van der Waals surface area (Å²) in [5, 5.41) is 10.3. The Hall–Kier alpha value is -0.870. The van der Waals surface area contributed by atoms with Crippen LogP contribution in [0.5, 0.6) is 0 Å². The van der Waals surface area contributed by atoms with E-state index in [1.807, 2.05) is 0 Å². The fraction of sp³-hybridized carbons (Fsp3) is 0.900. The summed E-state index contributed by atoms with van der Waals surface area (Å²) >= 11 is 0. The lowest BCUT2D eigenvalue weighted by molar-refractivity contribution is -0.135. The number of aliphatic hydroxyl groups is 1. The van der Waals surface area contributed by atoms with Crippen LogP contribution in [0.15, 0.2) is 11.6 Å². The molecule has 0 aromatic heterocycles. The first kappa shape index (κ1) is 24.8. The van der Waals surface area contributed by atoms with Gasteiger partial charge in [-0.1, -0.05) is 32.4 Å². The number of nitrogens with zero attached hydrogens (tertiary/aromatic N) is 1. The van der Waals surface area contributed by atoms with E-state index in [1.165, 1.54) is 38.5 Å². The van der Waals surface area contributed by atoms with E-state index in [2.05, 4.69) is 31.7 Å². The maximum atomic E-state index is 13.0. The highest BCUT2D eigenvalue weighted by Gasteiger charge is 2.59. The SMILES string of the molecule is CO[C@H]1CCCN(C(=O)CC[C@@H](C)[C@H]2CC[C@H]3[C@@H]4CC=C5C[C@@H](O)CC[C@]5(C)[C@H]4CC[C@]23C)C1. The fourth-order valence-corrected chi connectivity index (χ4v) is 9.68. The third-order valence-electron chi connectivity index (χ3n) is 11.7. The molecule has 3 saturated carbocycles. The Morgan fingerprint density at radius 3 is 2.79 bits per heavy atom. The van der Waals surface area contributed by atoms with Gasteiger partial charge in [0, 0.05) is 26.6 Å². The summed E-state index contributed by atoms with van der Waals surface area (Å²) in [4.78, 5) is 15.0. The topological polar surface area (TPSA) is 49.8 Å². The summed E-state index contributed by atoms with van der Waals surface area (Å²) in [6, 6.07) is 0. The summed E-state index contributed by atoms with van der Waals surface area (Å²) in [7, 11) is 1.77. The number of carbonyl (C=O) groups excluding carboxylic acids is 1. The van der Waals surface area contributed by atoms with Crippen LogP contribution >= 0.6 is 0 Å². The summed E-state index contributed by atoms with van der Waals surface area (Å²) in [5.74, 6) is 4.18. The molecule has 192 valence electrons. The second kappa shape index (κ2) is 9.54. The summed E-state index contributed by atoms with van der Waals surface area (Å²) in [6.07, 6.45) is 16.3. The van der Waals surface area contributed by atoms with E-state index >= 15 is 0 Å². The molecule has 0 radical (unpaired) electrons. The molecule has 4 nitrogen and oxygen atoms in total. The molecule has 0 aromatic rings. The van der Waals surface area contributed by atoms with E-state index in [0.717, 1.165) is 68.9 Å². The number of likely N-dealkylation sites (tertiary alicyclic amines) is 1. The van der Waals surface area contributed by atoms with Gasteiger partial charge in [0.2, 0.25) is 5.91 Å². The van der Waals surface area contributed by atoms with Gasteiger partial charge in [0.25, 0.3) is 0 Å². The number of hydrogen-bond donors (Lipinski definition) is 1. The van der Waals surface area contributed by atoms with Crippen LogP contribution in [0.3, 0.4) is 0 Å². The van der Waals surface area contributed by atoms with Crippen LogP contribution in [0.1, 0.15) is 97.8 Å². The largest absolute Gasteiger partial charge is 0.393 e. The lowest BCUT2D eigenvalue weighted by atomic mass is 9.47. The molecule has 0 spiro atoms. The predicted molar refractivity (Wildman–Crippen MR) is 136 cm³/mol. The molecule has 1 amide bonds. The highest BCUT2D eigenvalue weighted by atomic mass is 16.5. The zero-order valence-electron chi connectivity index (χ0n) is 22.2. The molecular weight excluding hydrogens is 422 g/mol. The lowest BCUT2D eigenvalue weighted by Crippen LogP contribution is -2.50. The van der Waals surface area contributed by atoms with Gasteiger partial charge < -0.3 is 14.7 Å². The number of rotatable bonds is 5. The molecule has 4 aliphatic carbocycles. The predicted octanol–water partition coefficient (Wildman–Crippen LogP) is 5.98. The standard InChI is InChI=1S/C30H49NO3/c1-20(7-12-28(33)31-17-5-6-23(19-31)34-4)25-10-11-26-24-9-8-21-18-22(32)13-15-29(21,2)27(24)14-16-30(25,26)3/h8,20,22-27,32H,5-7,9-19H2,1-4H3/t20-,22+,23+,24+,25-,26+,27+,29+,30-/m1/s1. The molecule has 1 saturated heterocycles. The van der Waals surface area contributed by atoms with Gasteiger partial charge in [-0.3, -0.25) is 4.79 Å². The minimum absolute atomic E-state index is 0.116. The highest BCUT2D eigenvalue weighted by molar-refractivity contribution is 5.76. The Bertz CT molecular complexity index is 794. The normalized spacial score (nSPS) is 45.1. The number of allylic oxidation sites excluding steroid dienone is 1. The highest BCUT2D eigenvalue weighted by Crippen LogP contribution is 2.67. The molecule has 9 atom stereocenters. The number of ether oxygens (including phenoxy) is 1. The zero-order chi connectivity index (χ0) is 24.1. The number of fused-ring (bicyclic) bond motifs is 5. The molecule has 0 aromatic carbocycles. The van der Waals surface area contributed by atoms with Crippen LogP contribution in [-0.4, -0.2) is 48.3 Å². The number of aliphatic hydroxyl groups excluding tert-OH is 1. The van der Waals surface area contributed by atoms with Crippen molar-refractivity contribution >= 4 is 5.91 Å². The van der Waals surface area contributed by atoms with Gasteiger partial charge in [0.15, 0.2) is 0 Å². The molecule has 1 aliphatic heterocycles. The van der Waals surface area contributed by atoms with Gasteiger partial charge in [0.1, 0.15) is 0 Å². The smallest absolute Gasteiger partial charge is 0.222 e. The van der Waals surface area contributed by atoms with Crippen molar-refractivity contribution in [2.24, 2.45) is 40.4 Å². The first-order valence-electron chi connectivity index (χ1n) is 14.4. The van der Waals surface area contributed by atoms with E-state index in [4.69, 9.17) is 4.74 Å². The van der Waals surface area contributed by atoms with E-state index in [9.17, 15) is 9.90 Å². The maximum absolute atomic E-state index is 13.0. The molecule has 1 heterocycles. The molecule has 1 N–H and O–H groups in total. The summed E-state index contributed by atoms with van der Waals surface area (Å²) in [5.41, 5.74) is 2.34. The third kappa shape index (κ3) is 4.19. The molecule has 4 heteroatoms. The fourth-order valence-electron chi connectivity index (χ4n) is 9.68. The Labute approximate surface area is 207 Å². The number of hydrogen-bond acceptors (Lipinski definition) is 3. The summed E-state index contributed by atoms with van der Waals surface area (Å²) in [6.45, 7) is 9.27. The van der Waals surface area contributed by atoms with Gasteiger partial charge in [0.05, 0.1) is 12.2 Å². The van der Waals surface area contributed by atoms with E-state index in [-0.39, 0.29) is 12.2 Å². The Morgan fingerprint density at radius 2 is 2.00 bits per heavy atom. The van der Waals surface area contributed by atoms with Crippen molar-refractivity contribution in [2.45, 2.75) is 110 Å². The molecule has 34 heavy (non-hydrogen) atoms. The van der Waals surface area contributed by atoms with Gasteiger partial charge in [-0.2, -0.15) is 0 Å². The van der Waals surface area contributed by atoms with Crippen LogP contribution < -0.4 is 0 Å². The minimum Gasteiger partial charge on any atom is -0.393 e. The van der Waals surface area contributed by atoms with Gasteiger partial charge in [-0.05, 0) is 111 Å². The van der Waals surface area contributed by atoms with E-state index in [1.54, 1.807) is 12.7 Å². The van der Waals surface area contributed by atoms with Crippen LogP contribution in [0.4, 0.5) is 0 Å². The first-order valence-corrected chi connectivity index (χ1v) is 14.4. The molecule has 5 rings (SSSR count). The number of amides is 1. The Kier molecular flexibility index (Phi) is 6.96. The lowest BCUT2D eigenvalue weighted by Gasteiger charge is -2.58. The van der Waals surface area contributed by atoms with Crippen LogP contribution in [-0.2, 0) is 9.53 Å². The molecule has 5 aliphatic rings. The van der Waals surface area contributed by atoms with Gasteiger partial charge in [-0.25, -0.2) is 0 Å². The Morgan fingerprint density at radius 1 is 1.18 bits per heavy atom. The Balaban J connectivity index is 1.22. The van der Waals surface area contributed by atoms with Gasteiger partial charge in [-0.15, -0.1) is 0 Å². The number of methoxy groups -OCH3 is 1. The monoisotopic (exact) mass is 471 g/mol. The zero-order valence-corrected chi connectivity index (χ0v) is 22.2. The van der Waals surface area contributed by atoms with Crippen molar-refractivity contribution in [3.8, 4) is 0 Å². The minimum atomic E-state index is -0.116. The van der Waals surface area contributed by atoms with Crippen molar-refractivity contribution in [2.75, 3.05) is 20.2 Å². The average Bonchev–Trinajstić information content (AvgIpc) is 3.20. The van der Waals surface area contributed by atoms with Crippen LogP contribution in [0.2, 0.25) is 0 Å². The van der Waals surface area contributed by atoms with Crippen LogP contribution in [0, 0.1) is 40.4 Å². The van der Waals surface area contributed by atoms with Crippen molar-refractivity contribution in [3.05, 3.63) is 11.6 Å². The number of carbonyl (C=O) groups is 1. The van der Waals surface area contributed by atoms with Crippen molar-refractivity contribution < 1.29 is 14.6 Å². The summed E-state index contributed by atoms with van der Waals surface area (Å²) < 4.78 is 5.53.